The molecule has 0 aliphatic carbocycles. The van der Waals surface area contributed by atoms with Crippen LogP contribution in [0.1, 0.15) is 49.9 Å². The molecule has 1 aromatic rings. The zero-order chi connectivity index (χ0) is 22.7. The van der Waals surface area contributed by atoms with Gasteiger partial charge in [0.1, 0.15) is 5.54 Å². The maximum absolute atomic E-state index is 13.1. The van der Waals surface area contributed by atoms with Gasteiger partial charge in [-0.05, 0) is 61.8 Å². The zero-order valence-corrected chi connectivity index (χ0v) is 19.1. The Bertz CT molecular complexity index is 842. The summed E-state index contributed by atoms with van der Waals surface area (Å²) in [4.78, 5) is 41.9. The normalized spacial score (nSPS) is 24.6. The molecule has 8 heteroatoms. The predicted octanol–water partition coefficient (Wildman–Crippen LogP) is 2.39. The molecule has 1 atom stereocenters. The van der Waals surface area contributed by atoms with E-state index in [2.05, 4.69) is 29.4 Å². The van der Waals surface area contributed by atoms with Gasteiger partial charge in [-0.3, -0.25) is 14.9 Å². The van der Waals surface area contributed by atoms with Crippen molar-refractivity contribution in [1.82, 2.24) is 15.5 Å². The number of nitrogens with zero attached hydrogens (tertiary/aromatic N) is 2. The van der Waals surface area contributed by atoms with Crippen LogP contribution in [0.15, 0.2) is 24.3 Å². The molecule has 32 heavy (non-hydrogen) atoms. The third kappa shape index (κ3) is 4.60. The third-order valence-electron chi connectivity index (χ3n) is 7.05. The highest BCUT2D eigenvalue weighted by atomic mass is 16.5. The molecule has 0 radical (unpaired) electrons. The zero-order valence-electron chi connectivity index (χ0n) is 19.1. The van der Waals surface area contributed by atoms with E-state index in [1.165, 1.54) is 0 Å². The van der Waals surface area contributed by atoms with Crippen LogP contribution in [0.5, 0.6) is 0 Å². The molecule has 4 amide bonds. The summed E-state index contributed by atoms with van der Waals surface area (Å²) in [5.74, 6) is 0.277. The Morgan fingerprint density at radius 2 is 1.75 bits per heavy atom. The smallest absolute Gasteiger partial charge is 0.322 e. The number of morpholine rings is 1. The fraction of sp³-hybridized carbons (Fsp3) is 0.625. The Hall–Kier alpha value is -2.61. The summed E-state index contributed by atoms with van der Waals surface area (Å²) in [6, 6.07) is 7.40. The highest BCUT2D eigenvalue weighted by molar-refractivity contribution is 6.07. The first kappa shape index (κ1) is 22.6. The van der Waals surface area contributed by atoms with Gasteiger partial charge >= 0.3 is 6.03 Å². The molecule has 1 unspecified atom stereocenters. The van der Waals surface area contributed by atoms with Crippen LogP contribution >= 0.6 is 0 Å². The summed E-state index contributed by atoms with van der Waals surface area (Å²) in [5, 5.41) is 5.38. The third-order valence-corrected chi connectivity index (χ3v) is 7.05. The van der Waals surface area contributed by atoms with E-state index in [0.29, 0.717) is 43.8 Å². The lowest BCUT2D eigenvalue weighted by Crippen LogP contribution is -2.56. The molecule has 3 saturated heterocycles. The number of piperidine rings is 1. The van der Waals surface area contributed by atoms with Crippen molar-refractivity contribution in [2.24, 2.45) is 11.8 Å². The van der Waals surface area contributed by atoms with Crippen LogP contribution in [0.4, 0.5) is 10.5 Å². The van der Waals surface area contributed by atoms with Gasteiger partial charge in [0.05, 0.1) is 13.2 Å². The molecule has 1 aromatic carbocycles. The van der Waals surface area contributed by atoms with E-state index in [9.17, 15) is 14.4 Å². The fourth-order valence-corrected chi connectivity index (χ4v) is 5.08. The monoisotopic (exact) mass is 442 g/mol. The van der Waals surface area contributed by atoms with Gasteiger partial charge < -0.3 is 19.9 Å². The average molecular weight is 443 g/mol. The minimum absolute atomic E-state index is 0.0214. The molecular formula is C24H34N4O4. The van der Waals surface area contributed by atoms with Gasteiger partial charge in [0.2, 0.25) is 0 Å². The van der Waals surface area contributed by atoms with E-state index in [1.807, 2.05) is 29.2 Å². The summed E-state index contributed by atoms with van der Waals surface area (Å²) in [5.41, 5.74) is 0.941. The number of likely N-dealkylation sites (tertiary alicyclic amines) is 1. The van der Waals surface area contributed by atoms with E-state index < -0.39 is 11.6 Å². The molecule has 4 rings (SSSR count). The average Bonchev–Trinajstić information content (AvgIpc) is 3.12. The number of nitrogens with one attached hydrogen (secondary N) is 2. The number of rotatable bonds is 6. The predicted molar refractivity (Wildman–Crippen MR) is 122 cm³/mol. The van der Waals surface area contributed by atoms with Gasteiger partial charge in [-0.1, -0.05) is 13.8 Å². The number of amides is 4. The van der Waals surface area contributed by atoms with Crippen molar-refractivity contribution in [1.29, 1.82) is 0 Å². The van der Waals surface area contributed by atoms with Crippen LogP contribution < -0.4 is 15.5 Å². The van der Waals surface area contributed by atoms with E-state index >= 15 is 0 Å². The number of anilines is 1. The second-order valence-electron chi connectivity index (χ2n) is 9.52. The van der Waals surface area contributed by atoms with Gasteiger partial charge in [-0.25, -0.2) is 4.79 Å². The Labute approximate surface area is 189 Å². The standard InChI is InChI=1S/C24H34N4O4/c1-17(2)7-10-24(22(30)25-23(31)26-24)19-8-11-28(12-9-19)21(29)18-3-5-20(6-4-18)27-13-15-32-16-14-27/h3-6,17,19H,7-16H2,1-2H3,(H2,25,26,30,31). The lowest BCUT2D eigenvalue weighted by molar-refractivity contribution is -0.127. The first-order valence-electron chi connectivity index (χ1n) is 11.7. The summed E-state index contributed by atoms with van der Waals surface area (Å²) in [6.07, 6.45) is 2.89. The van der Waals surface area contributed by atoms with Crippen LogP contribution in [0.3, 0.4) is 0 Å². The van der Waals surface area contributed by atoms with Crippen molar-refractivity contribution >= 4 is 23.5 Å². The van der Waals surface area contributed by atoms with E-state index in [0.717, 1.165) is 38.4 Å². The Morgan fingerprint density at radius 3 is 2.31 bits per heavy atom. The fourth-order valence-electron chi connectivity index (χ4n) is 5.08. The van der Waals surface area contributed by atoms with E-state index in [-0.39, 0.29) is 17.7 Å². The lowest BCUT2D eigenvalue weighted by Gasteiger charge is -2.41. The highest BCUT2D eigenvalue weighted by Gasteiger charge is 2.52. The molecule has 3 fully saturated rings. The van der Waals surface area contributed by atoms with Crippen LogP contribution in [0.25, 0.3) is 0 Å². The second-order valence-corrected chi connectivity index (χ2v) is 9.52. The Morgan fingerprint density at radius 1 is 1.09 bits per heavy atom. The molecule has 0 saturated carbocycles. The number of hydrogen-bond donors (Lipinski definition) is 2. The SMILES string of the molecule is CC(C)CCC1(C2CCN(C(=O)c3ccc(N4CCOCC4)cc3)CC2)NC(=O)NC1=O. The molecule has 0 aromatic heterocycles. The topological polar surface area (TPSA) is 91.0 Å². The van der Waals surface area contributed by atoms with Gasteiger partial charge in [0, 0.05) is 37.4 Å². The van der Waals surface area contributed by atoms with Crippen LogP contribution in [0, 0.1) is 11.8 Å². The molecule has 3 aliphatic rings. The van der Waals surface area contributed by atoms with Crippen molar-refractivity contribution in [3.63, 3.8) is 0 Å². The van der Waals surface area contributed by atoms with Crippen molar-refractivity contribution in [3.8, 4) is 0 Å². The van der Waals surface area contributed by atoms with Gasteiger partial charge in [0.25, 0.3) is 11.8 Å². The van der Waals surface area contributed by atoms with Crippen LogP contribution in [0.2, 0.25) is 0 Å². The lowest BCUT2D eigenvalue weighted by atomic mass is 9.74. The molecule has 174 valence electrons. The first-order chi connectivity index (χ1) is 15.4. The van der Waals surface area contributed by atoms with Crippen molar-refractivity contribution in [2.75, 3.05) is 44.3 Å². The minimum atomic E-state index is -0.851. The molecule has 0 spiro atoms. The Balaban J connectivity index is 1.38. The summed E-state index contributed by atoms with van der Waals surface area (Å²) < 4.78 is 5.40. The van der Waals surface area contributed by atoms with Crippen LogP contribution in [-0.4, -0.2) is 67.7 Å². The molecule has 3 aliphatic heterocycles. The first-order valence-corrected chi connectivity index (χ1v) is 11.7. The van der Waals surface area contributed by atoms with Crippen molar-refractivity contribution in [3.05, 3.63) is 29.8 Å². The molecule has 2 N–H and O–H groups in total. The number of benzene rings is 1. The van der Waals surface area contributed by atoms with Gasteiger partial charge in [-0.2, -0.15) is 0 Å². The van der Waals surface area contributed by atoms with E-state index in [4.69, 9.17) is 4.74 Å². The number of carbonyl (C=O) groups excluding carboxylic acids is 3. The van der Waals surface area contributed by atoms with Gasteiger partial charge in [0.15, 0.2) is 0 Å². The summed E-state index contributed by atoms with van der Waals surface area (Å²) in [7, 11) is 0. The number of hydrogen-bond acceptors (Lipinski definition) is 5. The summed E-state index contributed by atoms with van der Waals surface area (Å²) >= 11 is 0. The number of carbonyl (C=O) groups is 3. The quantitative estimate of drug-likeness (QED) is 0.660. The van der Waals surface area contributed by atoms with Crippen molar-refractivity contribution in [2.45, 2.75) is 45.1 Å². The molecule has 8 nitrogen and oxygen atoms in total. The maximum Gasteiger partial charge on any atom is 0.322 e. The number of imide groups is 1. The largest absolute Gasteiger partial charge is 0.378 e. The Kier molecular flexibility index (Phi) is 6.69. The molecule has 3 heterocycles. The molecule has 0 bridgehead atoms. The summed E-state index contributed by atoms with van der Waals surface area (Å²) in [6.45, 7) is 8.59. The van der Waals surface area contributed by atoms with E-state index in [1.54, 1.807) is 0 Å². The van der Waals surface area contributed by atoms with Gasteiger partial charge in [-0.15, -0.1) is 0 Å². The maximum atomic E-state index is 13.1. The molecular weight excluding hydrogens is 408 g/mol. The second kappa shape index (κ2) is 9.48. The van der Waals surface area contributed by atoms with Crippen molar-refractivity contribution < 1.29 is 19.1 Å². The van der Waals surface area contributed by atoms with Crippen LogP contribution in [-0.2, 0) is 9.53 Å². The minimum Gasteiger partial charge on any atom is -0.378 e. The highest BCUT2D eigenvalue weighted by Crippen LogP contribution is 2.35. The number of urea groups is 1. The number of ether oxygens (including phenoxy) is 1.